The summed E-state index contributed by atoms with van der Waals surface area (Å²) in [4.78, 5) is 17.2. The molecular formula is C26H28F4N7O2P. The highest BCUT2D eigenvalue weighted by Gasteiger charge is 2.29. The lowest BCUT2D eigenvalue weighted by Gasteiger charge is -2.35. The predicted molar refractivity (Wildman–Crippen MR) is 147 cm³/mol. The SMILES string of the molecule is CN1CCN(c2ccc(Nc3ncc4c(F)cn(-c5cccc(P(C)(C)=O)n5)c4n3)cc2OCC(F)(F)F)CC1. The van der Waals surface area contributed by atoms with E-state index in [2.05, 4.69) is 25.2 Å². The van der Waals surface area contributed by atoms with Crippen LogP contribution in [0, 0.1) is 5.82 Å². The Hall–Kier alpha value is -3.70. The molecule has 1 saturated heterocycles. The summed E-state index contributed by atoms with van der Waals surface area (Å²) in [5.74, 6) is -0.0654. The van der Waals surface area contributed by atoms with Gasteiger partial charge in [0.05, 0.1) is 11.1 Å². The number of anilines is 3. The van der Waals surface area contributed by atoms with Gasteiger partial charge in [-0.2, -0.15) is 18.2 Å². The molecule has 0 saturated carbocycles. The van der Waals surface area contributed by atoms with Crippen molar-refractivity contribution in [2.75, 3.05) is 63.4 Å². The first-order valence-electron chi connectivity index (χ1n) is 12.5. The highest BCUT2D eigenvalue weighted by Crippen LogP contribution is 2.35. The Bertz CT molecular complexity index is 1580. The number of pyridine rings is 1. The Morgan fingerprint density at radius 2 is 1.82 bits per heavy atom. The lowest BCUT2D eigenvalue weighted by Crippen LogP contribution is -2.44. The quantitative estimate of drug-likeness (QED) is 0.251. The number of hydrogen-bond acceptors (Lipinski definition) is 8. The van der Waals surface area contributed by atoms with Crippen LogP contribution in [-0.2, 0) is 4.57 Å². The van der Waals surface area contributed by atoms with Crippen LogP contribution in [0.15, 0.2) is 48.8 Å². The first-order valence-corrected chi connectivity index (χ1v) is 15.1. The van der Waals surface area contributed by atoms with Crippen LogP contribution >= 0.6 is 7.14 Å². The number of benzene rings is 1. The van der Waals surface area contributed by atoms with Crippen LogP contribution in [0.2, 0.25) is 0 Å². The lowest BCUT2D eigenvalue weighted by molar-refractivity contribution is -0.153. The van der Waals surface area contributed by atoms with Gasteiger partial charge in [0.25, 0.3) is 0 Å². The Morgan fingerprint density at radius 1 is 1.07 bits per heavy atom. The van der Waals surface area contributed by atoms with E-state index in [-0.39, 0.29) is 22.7 Å². The van der Waals surface area contributed by atoms with Crippen LogP contribution in [0.1, 0.15) is 0 Å². The monoisotopic (exact) mass is 577 g/mol. The first kappa shape index (κ1) is 27.9. The van der Waals surface area contributed by atoms with Gasteiger partial charge in [0, 0.05) is 50.3 Å². The molecule has 14 heteroatoms. The summed E-state index contributed by atoms with van der Waals surface area (Å²) in [5.41, 5.74) is 1.56. The van der Waals surface area contributed by atoms with Crippen molar-refractivity contribution in [3.05, 3.63) is 54.6 Å². The Morgan fingerprint density at radius 3 is 2.52 bits per heavy atom. The van der Waals surface area contributed by atoms with E-state index in [0.29, 0.717) is 35.7 Å². The van der Waals surface area contributed by atoms with E-state index in [1.54, 1.807) is 43.7 Å². The smallest absolute Gasteiger partial charge is 0.422 e. The van der Waals surface area contributed by atoms with Crippen molar-refractivity contribution in [3.63, 3.8) is 0 Å². The second kappa shape index (κ2) is 10.7. The van der Waals surface area contributed by atoms with Gasteiger partial charge in [-0.05, 0) is 44.6 Å². The van der Waals surface area contributed by atoms with Crippen LogP contribution in [0.25, 0.3) is 16.9 Å². The molecule has 0 aliphatic carbocycles. The molecule has 3 aromatic heterocycles. The molecule has 0 unspecified atom stereocenters. The first-order chi connectivity index (χ1) is 18.9. The van der Waals surface area contributed by atoms with Crippen molar-refractivity contribution in [1.82, 2.24) is 24.4 Å². The molecule has 1 aromatic carbocycles. The number of fused-ring (bicyclic) bond motifs is 1. The Kier molecular flexibility index (Phi) is 7.45. The van der Waals surface area contributed by atoms with Gasteiger partial charge in [0.15, 0.2) is 18.1 Å². The van der Waals surface area contributed by atoms with Crippen molar-refractivity contribution >= 4 is 40.9 Å². The number of ether oxygens (including phenoxy) is 1. The minimum Gasteiger partial charge on any atom is -0.482 e. The van der Waals surface area contributed by atoms with Crippen LogP contribution in [0.4, 0.5) is 34.9 Å². The summed E-state index contributed by atoms with van der Waals surface area (Å²) in [6, 6.07) is 9.85. The van der Waals surface area contributed by atoms with Gasteiger partial charge in [0.2, 0.25) is 5.95 Å². The maximum Gasteiger partial charge on any atom is 0.422 e. The van der Waals surface area contributed by atoms with E-state index >= 15 is 0 Å². The van der Waals surface area contributed by atoms with Gasteiger partial charge in [0.1, 0.15) is 24.1 Å². The normalized spacial score (nSPS) is 15.0. The number of piperazine rings is 1. The van der Waals surface area contributed by atoms with Crippen LogP contribution in [-0.4, -0.2) is 83.8 Å². The van der Waals surface area contributed by atoms with Crippen LogP contribution in [0.3, 0.4) is 0 Å². The molecule has 212 valence electrons. The van der Waals surface area contributed by atoms with Crippen LogP contribution < -0.4 is 20.4 Å². The highest BCUT2D eigenvalue weighted by atomic mass is 31.2. The van der Waals surface area contributed by atoms with Crippen LogP contribution in [0.5, 0.6) is 5.75 Å². The van der Waals surface area contributed by atoms with Gasteiger partial charge >= 0.3 is 6.18 Å². The number of aromatic nitrogens is 4. The summed E-state index contributed by atoms with van der Waals surface area (Å²) >= 11 is 0. The number of likely N-dealkylation sites (N-methyl/N-ethyl adjacent to an activating group) is 1. The number of rotatable bonds is 7. The molecule has 1 N–H and O–H groups in total. The fraction of sp³-hybridized carbons (Fsp3) is 0.346. The fourth-order valence-electron chi connectivity index (χ4n) is 4.35. The Balaban J connectivity index is 1.47. The maximum atomic E-state index is 14.7. The number of hydrogen-bond donors (Lipinski definition) is 1. The average Bonchev–Trinajstić information content (AvgIpc) is 3.23. The minimum absolute atomic E-state index is 0.0759. The predicted octanol–water partition coefficient (Wildman–Crippen LogP) is 4.64. The largest absolute Gasteiger partial charge is 0.482 e. The van der Waals surface area contributed by atoms with Crippen molar-refractivity contribution in [2.24, 2.45) is 0 Å². The number of nitrogens with one attached hydrogen (secondary N) is 1. The van der Waals surface area contributed by atoms with E-state index < -0.39 is 25.7 Å². The summed E-state index contributed by atoms with van der Waals surface area (Å²) in [6.07, 6.45) is -1.97. The van der Waals surface area contributed by atoms with E-state index in [9.17, 15) is 22.1 Å². The molecular weight excluding hydrogens is 549 g/mol. The van der Waals surface area contributed by atoms with Gasteiger partial charge in [-0.25, -0.2) is 14.4 Å². The molecule has 1 fully saturated rings. The topological polar surface area (TPSA) is 88.4 Å². The summed E-state index contributed by atoms with van der Waals surface area (Å²) in [5, 5.41) is 3.13. The molecule has 9 nitrogen and oxygen atoms in total. The standard InChI is InChI=1S/C26H28F4N7O2P/c1-35-9-11-36(12-10-35)20-8-7-17(13-21(20)39-16-26(28,29)30)32-25-31-14-18-19(27)15-37(24(18)34-25)22-5-4-6-23(33-22)40(2,3)38/h4-8,13-15H,9-12,16H2,1-3H3,(H,31,32,34). The van der Waals surface area contributed by atoms with E-state index in [1.165, 1.54) is 23.0 Å². The summed E-state index contributed by atoms with van der Waals surface area (Å²) in [7, 11) is -0.675. The molecule has 0 bridgehead atoms. The maximum absolute atomic E-state index is 14.7. The number of nitrogens with zero attached hydrogens (tertiary/aromatic N) is 6. The third-order valence-electron chi connectivity index (χ3n) is 6.47. The molecule has 0 radical (unpaired) electrons. The molecule has 4 aromatic rings. The second-order valence-corrected chi connectivity index (χ2v) is 13.1. The number of alkyl halides is 3. The summed E-state index contributed by atoms with van der Waals surface area (Å²) < 4.78 is 72.9. The van der Waals surface area contributed by atoms with Crippen molar-refractivity contribution in [3.8, 4) is 11.6 Å². The molecule has 40 heavy (non-hydrogen) atoms. The molecule has 4 heterocycles. The second-order valence-electron chi connectivity index (χ2n) is 9.98. The van der Waals surface area contributed by atoms with Gasteiger partial charge in [-0.15, -0.1) is 0 Å². The molecule has 1 aliphatic rings. The van der Waals surface area contributed by atoms with Crippen molar-refractivity contribution in [1.29, 1.82) is 0 Å². The van der Waals surface area contributed by atoms with Crippen molar-refractivity contribution < 1.29 is 26.9 Å². The molecule has 5 rings (SSSR count). The zero-order valence-corrected chi connectivity index (χ0v) is 23.0. The Labute approximate surface area is 228 Å². The van der Waals surface area contributed by atoms with Gasteiger partial charge in [-0.3, -0.25) is 4.57 Å². The third kappa shape index (κ3) is 6.20. The lowest BCUT2D eigenvalue weighted by atomic mass is 10.2. The van der Waals surface area contributed by atoms with Crippen molar-refractivity contribution in [2.45, 2.75) is 6.18 Å². The molecule has 0 atom stereocenters. The van der Waals surface area contributed by atoms with Gasteiger partial charge in [-0.1, -0.05) is 6.07 Å². The highest BCUT2D eigenvalue weighted by molar-refractivity contribution is 7.69. The number of halogens is 4. The average molecular weight is 578 g/mol. The zero-order valence-electron chi connectivity index (χ0n) is 22.1. The molecule has 0 spiro atoms. The molecule has 1 aliphatic heterocycles. The minimum atomic E-state index is -4.50. The van der Waals surface area contributed by atoms with E-state index in [4.69, 9.17) is 4.74 Å². The van der Waals surface area contributed by atoms with E-state index in [0.717, 1.165) is 13.1 Å². The summed E-state index contributed by atoms with van der Waals surface area (Å²) in [6.45, 7) is 4.60. The fourth-order valence-corrected chi connectivity index (χ4v) is 5.14. The third-order valence-corrected chi connectivity index (χ3v) is 7.82. The van der Waals surface area contributed by atoms with E-state index in [1.807, 2.05) is 11.9 Å². The van der Waals surface area contributed by atoms with Gasteiger partial charge < -0.3 is 24.4 Å². The zero-order chi connectivity index (χ0) is 28.7. The molecule has 0 amide bonds.